The molecule has 280 valence electrons. The van der Waals surface area contributed by atoms with Crippen molar-refractivity contribution in [1.29, 1.82) is 0 Å². The Kier molecular flexibility index (Phi) is 14.4. The molecule has 52 heavy (non-hydrogen) atoms. The first-order valence-electron chi connectivity index (χ1n) is 15.5. The Balaban J connectivity index is 1.20. The average Bonchev–Trinajstić information content (AvgIpc) is 3.49. The van der Waals surface area contributed by atoms with Crippen molar-refractivity contribution in [1.82, 2.24) is 9.80 Å². The molecule has 2 aromatic carbocycles. The van der Waals surface area contributed by atoms with E-state index in [0.29, 0.717) is 38.5 Å². The van der Waals surface area contributed by atoms with Crippen LogP contribution < -0.4 is 10.6 Å². The number of alkyl halides is 6. The van der Waals surface area contributed by atoms with E-state index in [9.17, 15) is 45.5 Å². The number of hydrogen-bond donors (Lipinski definition) is 2. The van der Waals surface area contributed by atoms with E-state index in [2.05, 4.69) is 10.6 Å². The van der Waals surface area contributed by atoms with Crippen molar-refractivity contribution in [3.63, 3.8) is 0 Å². The van der Waals surface area contributed by atoms with Gasteiger partial charge in [0.15, 0.2) is 0 Å². The van der Waals surface area contributed by atoms with Gasteiger partial charge < -0.3 is 10.6 Å². The number of nitrogens with one attached hydrogen (secondary N) is 2. The van der Waals surface area contributed by atoms with E-state index >= 15 is 0 Å². The summed E-state index contributed by atoms with van der Waals surface area (Å²) >= 11 is 24.0. The van der Waals surface area contributed by atoms with Gasteiger partial charge in [-0.15, -0.1) is 0 Å². The number of nitrogens with zero attached hydrogens (tertiary/aromatic N) is 2. The predicted molar refractivity (Wildman–Crippen MR) is 198 cm³/mol. The number of benzene rings is 2. The maximum absolute atomic E-state index is 13.3. The number of halogens is 8. The van der Waals surface area contributed by atoms with Crippen LogP contribution in [0.3, 0.4) is 0 Å². The van der Waals surface area contributed by atoms with E-state index in [1.807, 2.05) is 0 Å². The zero-order valence-corrected chi connectivity index (χ0v) is 31.5. The third-order valence-corrected chi connectivity index (χ3v) is 11.1. The molecule has 2 aliphatic rings. The molecule has 0 spiro atoms. The van der Waals surface area contributed by atoms with Gasteiger partial charge in [0.25, 0.3) is 11.8 Å². The molecule has 0 aliphatic carbocycles. The lowest BCUT2D eigenvalue weighted by atomic mass is 10.1. The Labute approximate surface area is 323 Å². The summed E-state index contributed by atoms with van der Waals surface area (Å²) in [4.78, 5) is 54.0. The zero-order valence-electron chi connectivity index (χ0n) is 26.7. The molecule has 2 aliphatic heterocycles. The number of unbranched alkanes of at least 4 members (excludes halogenated alkanes) is 4. The molecule has 2 aromatic rings. The Hall–Kier alpha value is -2.90. The summed E-state index contributed by atoms with van der Waals surface area (Å²) in [7, 11) is 0. The van der Waals surface area contributed by atoms with Crippen molar-refractivity contribution >= 4 is 115 Å². The van der Waals surface area contributed by atoms with Gasteiger partial charge in [-0.3, -0.25) is 29.0 Å². The SMILES string of the molecule is O=C(CCCCCN1C(=O)/C(=C2\SC(=S)N(CCCCCC(=O)Nc3ccc(Cl)cc3C(F)(F)F)C2=O)SC1=S)Nc1ccc(Cl)cc1C(F)(F)F. The average molecular weight is 846 g/mol. The van der Waals surface area contributed by atoms with Gasteiger partial charge in [0.2, 0.25) is 11.8 Å². The third kappa shape index (κ3) is 11.1. The summed E-state index contributed by atoms with van der Waals surface area (Å²) in [5.41, 5.74) is -2.89. The molecule has 0 bridgehead atoms. The second-order valence-electron chi connectivity index (χ2n) is 11.4. The summed E-state index contributed by atoms with van der Waals surface area (Å²) in [6.45, 7) is 0.406. The lowest BCUT2D eigenvalue weighted by molar-refractivity contribution is -0.137. The van der Waals surface area contributed by atoms with Gasteiger partial charge in [-0.25, -0.2) is 0 Å². The normalized spacial score (nSPS) is 16.7. The maximum atomic E-state index is 13.3. The fraction of sp³-hybridized carbons (Fsp3) is 0.375. The number of rotatable bonds is 14. The van der Waals surface area contributed by atoms with E-state index in [4.69, 9.17) is 47.6 Å². The van der Waals surface area contributed by atoms with Gasteiger partial charge in [-0.2, -0.15) is 26.3 Å². The molecular weight excluding hydrogens is 818 g/mol. The monoisotopic (exact) mass is 844 g/mol. The van der Waals surface area contributed by atoms with Crippen LogP contribution >= 0.6 is 71.2 Å². The van der Waals surface area contributed by atoms with Gasteiger partial charge in [0, 0.05) is 36.0 Å². The van der Waals surface area contributed by atoms with Crippen LogP contribution in [-0.4, -0.2) is 55.2 Å². The minimum Gasteiger partial charge on any atom is -0.326 e. The molecule has 20 heteroatoms. The lowest BCUT2D eigenvalue weighted by Crippen LogP contribution is -2.31. The highest BCUT2D eigenvalue weighted by Crippen LogP contribution is 2.43. The van der Waals surface area contributed by atoms with E-state index in [0.717, 1.165) is 47.8 Å². The summed E-state index contributed by atoms with van der Waals surface area (Å²) in [6.07, 6.45) is -7.05. The van der Waals surface area contributed by atoms with Gasteiger partial charge in [0.1, 0.15) is 8.64 Å². The van der Waals surface area contributed by atoms with E-state index in [-0.39, 0.29) is 54.4 Å². The molecule has 4 amide bonds. The van der Waals surface area contributed by atoms with Gasteiger partial charge in [-0.05, 0) is 62.1 Å². The lowest BCUT2D eigenvalue weighted by Gasteiger charge is -2.15. The number of amides is 4. The number of hydrogen-bond acceptors (Lipinski definition) is 8. The highest BCUT2D eigenvalue weighted by molar-refractivity contribution is 8.29. The van der Waals surface area contributed by atoms with Crippen molar-refractivity contribution in [3.8, 4) is 0 Å². The van der Waals surface area contributed by atoms with E-state index < -0.39 is 58.5 Å². The van der Waals surface area contributed by atoms with Crippen molar-refractivity contribution < 1.29 is 45.5 Å². The highest BCUT2D eigenvalue weighted by atomic mass is 35.5. The second-order valence-corrected chi connectivity index (χ2v) is 15.6. The van der Waals surface area contributed by atoms with Gasteiger partial charge >= 0.3 is 12.4 Å². The molecule has 2 heterocycles. The largest absolute Gasteiger partial charge is 0.418 e. The predicted octanol–water partition coefficient (Wildman–Crippen LogP) is 9.66. The van der Waals surface area contributed by atoms with Gasteiger partial charge in [0.05, 0.1) is 32.3 Å². The summed E-state index contributed by atoms with van der Waals surface area (Å²) in [5.74, 6) is -2.14. The van der Waals surface area contributed by atoms with Crippen LogP contribution in [0, 0.1) is 0 Å². The summed E-state index contributed by atoms with van der Waals surface area (Å²) in [6, 6.07) is 6.13. The molecule has 0 atom stereocenters. The van der Waals surface area contributed by atoms with E-state index in [1.165, 1.54) is 21.9 Å². The Bertz CT molecular complexity index is 1680. The first kappa shape index (κ1) is 41.9. The molecule has 2 fully saturated rings. The van der Waals surface area contributed by atoms with Crippen LogP contribution in [0.4, 0.5) is 37.7 Å². The minimum absolute atomic E-state index is 0.0554. The van der Waals surface area contributed by atoms with Crippen LogP contribution in [0.2, 0.25) is 10.0 Å². The Morgan fingerprint density at radius 3 is 1.35 bits per heavy atom. The molecule has 0 unspecified atom stereocenters. The zero-order chi connectivity index (χ0) is 38.4. The first-order chi connectivity index (χ1) is 24.4. The quantitative estimate of drug-likeness (QED) is 0.0840. The number of thioether (sulfide) groups is 2. The van der Waals surface area contributed by atoms with Crippen LogP contribution in [0.15, 0.2) is 46.2 Å². The van der Waals surface area contributed by atoms with Crippen molar-refractivity contribution in [2.45, 2.75) is 63.7 Å². The maximum Gasteiger partial charge on any atom is 0.418 e. The number of carbonyl (C=O) groups is 4. The third-order valence-electron chi connectivity index (χ3n) is 7.60. The van der Waals surface area contributed by atoms with Crippen molar-refractivity contribution in [2.75, 3.05) is 23.7 Å². The molecule has 0 radical (unpaired) electrons. The second kappa shape index (κ2) is 18.0. The molecule has 0 aromatic heterocycles. The van der Waals surface area contributed by atoms with Crippen LogP contribution in [-0.2, 0) is 31.5 Å². The first-order valence-corrected chi connectivity index (χ1v) is 18.7. The fourth-order valence-corrected chi connectivity index (χ4v) is 8.18. The molecule has 2 N–H and O–H groups in total. The van der Waals surface area contributed by atoms with Crippen LogP contribution in [0.5, 0.6) is 0 Å². The molecule has 0 saturated carbocycles. The molecular formula is C32H28Cl2F6N4O4S4. The standard InChI is InChI=1S/C32H28Cl2F6N4O4S4/c33-17-9-11-21(19(15-17)31(35,36)37)41-23(45)7-3-1-5-13-43-27(47)25(51-29(43)49)26-28(48)44(30(50)52-26)14-6-2-4-8-24(46)42-22-12-10-18(34)16-20(22)32(38,39)40/h9-12,15-16H,1-8,13-14H2,(H,41,45)(H,42,46)/b26-25+. The Morgan fingerprint density at radius 1 is 0.635 bits per heavy atom. The number of anilines is 2. The van der Waals surface area contributed by atoms with E-state index in [1.54, 1.807) is 0 Å². The smallest absolute Gasteiger partial charge is 0.326 e. The number of thiocarbonyl (C=S) groups is 2. The molecule has 4 rings (SSSR count). The topological polar surface area (TPSA) is 98.8 Å². The highest BCUT2D eigenvalue weighted by Gasteiger charge is 2.42. The molecule has 2 saturated heterocycles. The van der Waals surface area contributed by atoms with Crippen molar-refractivity contribution in [3.05, 3.63) is 67.4 Å². The van der Waals surface area contributed by atoms with Crippen LogP contribution in [0.1, 0.15) is 62.5 Å². The van der Waals surface area contributed by atoms with Crippen molar-refractivity contribution in [2.24, 2.45) is 0 Å². The fourth-order valence-electron chi connectivity index (χ4n) is 5.07. The summed E-state index contributed by atoms with van der Waals surface area (Å²) in [5, 5.41) is 4.30. The Morgan fingerprint density at radius 2 is 1.00 bits per heavy atom. The van der Waals surface area contributed by atoms with Crippen LogP contribution in [0.25, 0.3) is 0 Å². The van der Waals surface area contributed by atoms with Gasteiger partial charge in [-0.1, -0.05) is 84.0 Å². The molecule has 8 nitrogen and oxygen atoms in total. The number of carbonyl (C=O) groups excluding carboxylic acids is 4. The minimum atomic E-state index is -4.70. The summed E-state index contributed by atoms with van der Waals surface area (Å²) < 4.78 is 80.3.